The average Bonchev–Trinajstić information content (AvgIpc) is 2.64. The molecule has 13 heavy (non-hydrogen) atoms. The normalized spacial score (nSPS) is 38.4. The highest BCUT2D eigenvalue weighted by Gasteiger charge is 2.31. The number of rotatable bonds is 2. The minimum atomic E-state index is 0.0535. The third-order valence-corrected chi connectivity index (χ3v) is 3.92. The summed E-state index contributed by atoms with van der Waals surface area (Å²) in [7, 11) is 0. The van der Waals surface area contributed by atoms with Crippen LogP contribution < -0.4 is 10.6 Å². The zero-order chi connectivity index (χ0) is 9.26. The van der Waals surface area contributed by atoms with Crippen LogP contribution in [0.15, 0.2) is 0 Å². The minimum absolute atomic E-state index is 0.0535. The molecule has 3 unspecified atom stereocenters. The molecular weight excluding hydrogens is 184 g/mol. The van der Waals surface area contributed by atoms with Crippen LogP contribution in [-0.4, -0.2) is 29.6 Å². The van der Waals surface area contributed by atoms with Crippen molar-refractivity contribution in [3.05, 3.63) is 0 Å². The number of thioether (sulfide) groups is 1. The summed E-state index contributed by atoms with van der Waals surface area (Å²) in [5, 5.41) is 6.27. The molecule has 2 fully saturated rings. The van der Waals surface area contributed by atoms with E-state index in [0.29, 0.717) is 12.0 Å². The number of carbonyl (C=O) groups excluding carboxylic acids is 1. The Morgan fingerprint density at radius 1 is 1.54 bits per heavy atom. The highest BCUT2D eigenvalue weighted by molar-refractivity contribution is 7.99. The summed E-state index contributed by atoms with van der Waals surface area (Å²) in [6, 6.07) is 0.498. The SMILES string of the molecule is CC1CCC1NC(=O)C1CSCN1. The van der Waals surface area contributed by atoms with Crippen molar-refractivity contribution in [1.82, 2.24) is 10.6 Å². The molecule has 1 aliphatic heterocycles. The zero-order valence-electron chi connectivity index (χ0n) is 7.88. The first-order chi connectivity index (χ1) is 6.27. The number of hydrogen-bond acceptors (Lipinski definition) is 3. The van der Waals surface area contributed by atoms with Gasteiger partial charge in [0.05, 0.1) is 6.04 Å². The second kappa shape index (κ2) is 3.88. The molecule has 0 radical (unpaired) electrons. The van der Waals surface area contributed by atoms with E-state index in [1.54, 1.807) is 11.8 Å². The van der Waals surface area contributed by atoms with Crippen molar-refractivity contribution in [3.8, 4) is 0 Å². The van der Waals surface area contributed by atoms with Gasteiger partial charge in [0.25, 0.3) is 0 Å². The van der Waals surface area contributed by atoms with Gasteiger partial charge in [-0.3, -0.25) is 10.1 Å². The summed E-state index contributed by atoms with van der Waals surface area (Å²) in [5.74, 6) is 2.71. The lowest BCUT2D eigenvalue weighted by molar-refractivity contribution is -0.124. The fourth-order valence-corrected chi connectivity index (χ4v) is 2.67. The number of amides is 1. The summed E-state index contributed by atoms with van der Waals surface area (Å²) in [5.41, 5.74) is 0. The molecule has 1 saturated heterocycles. The number of hydrogen-bond donors (Lipinski definition) is 2. The molecule has 74 valence electrons. The van der Waals surface area contributed by atoms with Crippen LogP contribution >= 0.6 is 11.8 Å². The monoisotopic (exact) mass is 200 g/mol. The van der Waals surface area contributed by atoms with Crippen molar-refractivity contribution in [3.63, 3.8) is 0 Å². The predicted octanol–water partition coefficient (Wildman–Crippen LogP) is 0.564. The Hall–Kier alpha value is -0.220. The lowest BCUT2D eigenvalue weighted by atomic mass is 9.81. The molecule has 1 aliphatic carbocycles. The first-order valence-electron chi connectivity index (χ1n) is 4.89. The molecule has 0 aromatic rings. The molecule has 2 rings (SSSR count). The van der Waals surface area contributed by atoms with E-state index in [9.17, 15) is 4.79 Å². The average molecular weight is 200 g/mol. The van der Waals surface area contributed by atoms with E-state index in [0.717, 1.165) is 18.1 Å². The molecule has 0 spiro atoms. The second-order valence-corrected chi connectivity index (χ2v) is 4.97. The first kappa shape index (κ1) is 9.34. The summed E-state index contributed by atoms with van der Waals surface area (Å²) < 4.78 is 0. The van der Waals surface area contributed by atoms with Crippen LogP contribution in [0, 0.1) is 5.92 Å². The van der Waals surface area contributed by atoms with Gasteiger partial charge in [-0.05, 0) is 18.8 Å². The topological polar surface area (TPSA) is 41.1 Å². The molecular formula is C9H16N2OS. The summed E-state index contributed by atoms with van der Waals surface area (Å²) in [6.45, 7) is 2.20. The van der Waals surface area contributed by atoms with Gasteiger partial charge in [0.15, 0.2) is 0 Å². The molecule has 2 aliphatic rings. The highest BCUT2D eigenvalue weighted by atomic mass is 32.2. The van der Waals surface area contributed by atoms with Crippen LogP contribution in [0.2, 0.25) is 0 Å². The Morgan fingerprint density at radius 2 is 2.38 bits per heavy atom. The summed E-state index contributed by atoms with van der Waals surface area (Å²) in [6.07, 6.45) is 2.42. The third kappa shape index (κ3) is 1.99. The van der Waals surface area contributed by atoms with Crippen molar-refractivity contribution in [1.29, 1.82) is 0 Å². The third-order valence-electron chi connectivity index (χ3n) is 2.98. The van der Waals surface area contributed by atoms with Crippen LogP contribution in [-0.2, 0) is 4.79 Å². The minimum Gasteiger partial charge on any atom is -0.352 e. The van der Waals surface area contributed by atoms with E-state index in [1.165, 1.54) is 6.42 Å². The van der Waals surface area contributed by atoms with Crippen LogP contribution in [0.1, 0.15) is 19.8 Å². The Balaban J connectivity index is 1.77. The van der Waals surface area contributed by atoms with Gasteiger partial charge < -0.3 is 5.32 Å². The van der Waals surface area contributed by atoms with Gasteiger partial charge in [-0.1, -0.05) is 6.92 Å². The molecule has 3 atom stereocenters. The van der Waals surface area contributed by atoms with Crippen LogP contribution in [0.5, 0.6) is 0 Å². The lowest BCUT2D eigenvalue weighted by Crippen LogP contribution is -2.51. The molecule has 0 aromatic heterocycles. The quantitative estimate of drug-likeness (QED) is 0.684. The van der Waals surface area contributed by atoms with Gasteiger partial charge in [0, 0.05) is 17.7 Å². The van der Waals surface area contributed by atoms with E-state index in [4.69, 9.17) is 0 Å². The smallest absolute Gasteiger partial charge is 0.238 e. The summed E-state index contributed by atoms with van der Waals surface area (Å²) in [4.78, 5) is 11.6. The molecule has 0 bridgehead atoms. The predicted molar refractivity (Wildman–Crippen MR) is 54.6 cm³/mol. The number of nitrogens with one attached hydrogen (secondary N) is 2. The van der Waals surface area contributed by atoms with Gasteiger partial charge in [-0.2, -0.15) is 0 Å². The van der Waals surface area contributed by atoms with Gasteiger partial charge in [0.1, 0.15) is 0 Å². The van der Waals surface area contributed by atoms with Crippen molar-refractivity contribution < 1.29 is 4.79 Å². The summed E-state index contributed by atoms with van der Waals surface area (Å²) >= 11 is 1.79. The van der Waals surface area contributed by atoms with Crippen LogP contribution in [0.4, 0.5) is 0 Å². The van der Waals surface area contributed by atoms with Crippen molar-refractivity contribution in [2.45, 2.75) is 31.8 Å². The van der Waals surface area contributed by atoms with Gasteiger partial charge in [-0.15, -0.1) is 11.8 Å². The van der Waals surface area contributed by atoms with Crippen molar-refractivity contribution >= 4 is 17.7 Å². The molecule has 4 heteroatoms. The maximum atomic E-state index is 11.6. The van der Waals surface area contributed by atoms with E-state index in [2.05, 4.69) is 17.6 Å². The van der Waals surface area contributed by atoms with Crippen molar-refractivity contribution in [2.24, 2.45) is 5.92 Å². The molecule has 1 amide bonds. The molecule has 1 saturated carbocycles. The standard InChI is InChI=1S/C9H16N2OS/c1-6-2-3-7(6)11-9(12)8-4-13-5-10-8/h6-8,10H,2-5H2,1H3,(H,11,12). The van der Waals surface area contributed by atoms with Gasteiger partial charge in [-0.25, -0.2) is 0 Å². The Morgan fingerprint density at radius 3 is 2.85 bits per heavy atom. The number of carbonyl (C=O) groups is 1. The Labute approximate surface area is 83.0 Å². The van der Waals surface area contributed by atoms with Crippen molar-refractivity contribution in [2.75, 3.05) is 11.6 Å². The van der Waals surface area contributed by atoms with E-state index in [1.807, 2.05) is 0 Å². The van der Waals surface area contributed by atoms with Gasteiger partial charge >= 0.3 is 0 Å². The molecule has 1 heterocycles. The largest absolute Gasteiger partial charge is 0.352 e. The van der Waals surface area contributed by atoms with E-state index >= 15 is 0 Å². The highest BCUT2D eigenvalue weighted by Crippen LogP contribution is 2.26. The maximum absolute atomic E-state index is 11.6. The Kier molecular flexibility index (Phi) is 2.79. The first-order valence-corrected chi connectivity index (χ1v) is 6.04. The van der Waals surface area contributed by atoms with Crippen LogP contribution in [0.3, 0.4) is 0 Å². The Bertz CT molecular complexity index is 204. The fraction of sp³-hybridized carbons (Fsp3) is 0.889. The lowest BCUT2D eigenvalue weighted by Gasteiger charge is -2.35. The second-order valence-electron chi connectivity index (χ2n) is 3.94. The zero-order valence-corrected chi connectivity index (χ0v) is 8.69. The van der Waals surface area contributed by atoms with Gasteiger partial charge in [0.2, 0.25) is 5.91 Å². The molecule has 2 N–H and O–H groups in total. The van der Waals surface area contributed by atoms with Crippen LogP contribution in [0.25, 0.3) is 0 Å². The fourth-order valence-electron chi connectivity index (χ4n) is 1.73. The molecule has 0 aromatic carbocycles. The van der Waals surface area contributed by atoms with E-state index in [-0.39, 0.29) is 11.9 Å². The maximum Gasteiger partial charge on any atom is 0.238 e. The van der Waals surface area contributed by atoms with E-state index < -0.39 is 0 Å². The molecule has 3 nitrogen and oxygen atoms in total.